The van der Waals surface area contributed by atoms with Crippen molar-refractivity contribution >= 4 is 29.4 Å². The minimum absolute atomic E-state index is 0.103. The summed E-state index contributed by atoms with van der Waals surface area (Å²) in [5.74, 6) is 0.118. The average molecular weight is 507 g/mol. The molecule has 0 N–H and O–H groups in total. The SMILES string of the molecule is CCOC(=O)C1=C(C)N=c2s/c(=C\c3cccc(C(=O)OC)c3)c(=O)n2C1c1ccc2c(c1)OCO2. The Morgan fingerprint density at radius 3 is 2.75 bits per heavy atom. The van der Waals surface area contributed by atoms with Crippen LogP contribution in [-0.4, -0.2) is 37.0 Å². The van der Waals surface area contributed by atoms with Crippen LogP contribution in [-0.2, 0) is 14.3 Å². The van der Waals surface area contributed by atoms with Gasteiger partial charge in [0, 0.05) is 0 Å². The second-order valence-electron chi connectivity index (χ2n) is 8.03. The lowest BCUT2D eigenvalue weighted by molar-refractivity contribution is -0.139. The maximum Gasteiger partial charge on any atom is 0.338 e. The van der Waals surface area contributed by atoms with Crippen LogP contribution in [0.25, 0.3) is 6.08 Å². The summed E-state index contributed by atoms with van der Waals surface area (Å²) in [4.78, 5) is 43.7. The van der Waals surface area contributed by atoms with E-state index in [-0.39, 0.29) is 24.5 Å². The number of benzene rings is 2. The largest absolute Gasteiger partial charge is 0.465 e. The van der Waals surface area contributed by atoms with Crippen molar-refractivity contribution in [2.75, 3.05) is 20.5 Å². The van der Waals surface area contributed by atoms with Gasteiger partial charge in [0.1, 0.15) is 0 Å². The van der Waals surface area contributed by atoms with Crippen LogP contribution < -0.4 is 24.4 Å². The van der Waals surface area contributed by atoms with Gasteiger partial charge in [0.25, 0.3) is 5.56 Å². The molecule has 0 bridgehead atoms. The Bertz CT molecular complexity index is 1600. The Kier molecular flexibility index (Phi) is 6.19. The van der Waals surface area contributed by atoms with Crippen LogP contribution in [0.5, 0.6) is 11.5 Å². The summed E-state index contributed by atoms with van der Waals surface area (Å²) in [5.41, 5.74) is 2.12. The van der Waals surface area contributed by atoms with E-state index in [9.17, 15) is 14.4 Å². The van der Waals surface area contributed by atoms with Crippen molar-refractivity contribution < 1.29 is 28.5 Å². The summed E-state index contributed by atoms with van der Waals surface area (Å²) < 4.78 is 23.0. The van der Waals surface area contributed by atoms with Gasteiger partial charge in [-0.15, -0.1) is 0 Å². The first-order valence-electron chi connectivity index (χ1n) is 11.2. The molecule has 0 radical (unpaired) electrons. The molecule has 2 aliphatic heterocycles. The fourth-order valence-corrected chi connectivity index (χ4v) is 5.26. The highest BCUT2D eigenvalue weighted by Gasteiger charge is 2.34. The van der Waals surface area contributed by atoms with Crippen LogP contribution in [0.3, 0.4) is 0 Å². The third-order valence-electron chi connectivity index (χ3n) is 5.83. The van der Waals surface area contributed by atoms with E-state index in [4.69, 9.17) is 18.9 Å². The highest BCUT2D eigenvalue weighted by atomic mass is 32.1. The van der Waals surface area contributed by atoms with Crippen LogP contribution in [0.15, 0.2) is 63.5 Å². The predicted octanol–water partition coefficient (Wildman–Crippen LogP) is 2.31. The summed E-state index contributed by atoms with van der Waals surface area (Å²) in [6, 6.07) is 11.3. The first-order valence-corrected chi connectivity index (χ1v) is 12.0. The number of hydrogen-bond donors (Lipinski definition) is 0. The third kappa shape index (κ3) is 4.09. The van der Waals surface area contributed by atoms with Crippen molar-refractivity contribution in [2.24, 2.45) is 4.99 Å². The zero-order valence-corrected chi connectivity index (χ0v) is 20.6. The normalized spacial score (nSPS) is 16.4. The summed E-state index contributed by atoms with van der Waals surface area (Å²) in [5, 5.41) is 0. The topological polar surface area (TPSA) is 105 Å². The van der Waals surface area contributed by atoms with Gasteiger partial charge >= 0.3 is 11.9 Å². The highest BCUT2D eigenvalue weighted by Crippen LogP contribution is 2.38. The maximum atomic E-state index is 13.7. The van der Waals surface area contributed by atoms with Crippen LogP contribution in [0.2, 0.25) is 0 Å². The number of nitrogens with zero attached hydrogens (tertiary/aromatic N) is 2. The van der Waals surface area contributed by atoms with Crippen LogP contribution >= 0.6 is 11.3 Å². The number of esters is 2. The Labute approximate surface area is 209 Å². The molecule has 2 aliphatic rings. The van der Waals surface area contributed by atoms with E-state index >= 15 is 0 Å². The van der Waals surface area contributed by atoms with Crippen LogP contribution in [0.1, 0.15) is 41.4 Å². The molecule has 0 aliphatic carbocycles. The molecule has 0 spiro atoms. The molecule has 1 aromatic heterocycles. The number of ether oxygens (including phenoxy) is 4. The van der Waals surface area contributed by atoms with Gasteiger partial charge in [-0.05, 0) is 55.3 Å². The lowest BCUT2D eigenvalue weighted by atomic mass is 9.95. The minimum atomic E-state index is -0.765. The summed E-state index contributed by atoms with van der Waals surface area (Å²) >= 11 is 1.20. The van der Waals surface area contributed by atoms with E-state index in [1.165, 1.54) is 23.0 Å². The van der Waals surface area contributed by atoms with Gasteiger partial charge in [-0.1, -0.05) is 29.5 Å². The molecule has 36 heavy (non-hydrogen) atoms. The number of rotatable bonds is 5. The first-order chi connectivity index (χ1) is 17.4. The molecule has 0 fully saturated rings. The second kappa shape index (κ2) is 9.46. The summed E-state index contributed by atoms with van der Waals surface area (Å²) in [6.07, 6.45) is 1.69. The molecule has 0 saturated carbocycles. The first kappa shape index (κ1) is 23.6. The fourth-order valence-electron chi connectivity index (χ4n) is 4.21. The zero-order chi connectivity index (χ0) is 25.4. The lowest BCUT2D eigenvalue weighted by Gasteiger charge is -2.24. The number of aromatic nitrogens is 1. The number of carbonyl (C=O) groups is 2. The van der Waals surface area contributed by atoms with Crippen LogP contribution in [0, 0.1) is 0 Å². The molecule has 3 heterocycles. The molecule has 5 rings (SSSR count). The third-order valence-corrected chi connectivity index (χ3v) is 6.82. The molecule has 9 nitrogen and oxygen atoms in total. The highest BCUT2D eigenvalue weighted by molar-refractivity contribution is 7.07. The van der Waals surface area contributed by atoms with Crippen molar-refractivity contribution in [3.05, 3.63) is 90.1 Å². The number of allylic oxidation sites excluding steroid dienone is 1. The van der Waals surface area contributed by atoms with Crippen molar-refractivity contribution in [1.29, 1.82) is 0 Å². The monoisotopic (exact) mass is 506 g/mol. The molecule has 0 amide bonds. The Morgan fingerprint density at radius 1 is 1.17 bits per heavy atom. The smallest absolute Gasteiger partial charge is 0.338 e. The molecule has 3 aromatic rings. The quantitative estimate of drug-likeness (QED) is 0.489. The molecule has 1 unspecified atom stereocenters. The molecule has 0 saturated heterocycles. The molecular formula is C26H22N2O7S. The minimum Gasteiger partial charge on any atom is -0.465 e. The maximum absolute atomic E-state index is 13.7. The van der Waals surface area contributed by atoms with Crippen molar-refractivity contribution in [3.8, 4) is 11.5 Å². The Balaban J connectivity index is 1.69. The van der Waals surface area contributed by atoms with Crippen molar-refractivity contribution in [2.45, 2.75) is 19.9 Å². The molecular weight excluding hydrogens is 484 g/mol. The van der Waals surface area contributed by atoms with Crippen molar-refractivity contribution in [3.63, 3.8) is 0 Å². The standard InChI is InChI=1S/C26H22N2O7S/c1-4-33-25(31)21-14(2)27-26-28(22(21)16-8-9-18-19(12-16)35-13-34-18)23(29)20(36-26)11-15-6-5-7-17(10-15)24(30)32-3/h5-12,22H,4,13H2,1-3H3/b20-11-. The summed E-state index contributed by atoms with van der Waals surface area (Å²) in [6.45, 7) is 3.74. The van der Waals surface area contributed by atoms with Crippen LogP contribution in [0.4, 0.5) is 0 Å². The van der Waals surface area contributed by atoms with Gasteiger partial charge < -0.3 is 18.9 Å². The number of methoxy groups -OCH3 is 1. The molecule has 184 valence electrons. The van der Waals surface area contributed by atoms with Gasteiger partial charge in [0.15, 0.2) is 16.3 Å². The number of thiazole rings is 1. The Hall–Kier alpha value is -4.18. The second-order valence-corrected chi connectivity index (χ2v) is 9.04. The fraction of sp³-hybridized carbons (Fsp3) is 0.231. The van der Waals surface area contributed by atoms with Gasteiger partial charge in [0.05, 0.1) is 41.1 Å². The van der Waals surface area contributed by atoms with E-state index in [0.717, 1.165) is 0 Å². The Morgan fingerprint density at radius 2 is 1.97 bits per heavy atom. The number of carbonyl (C=O) groups excluding carboxylic acids is 2. The van der Waals surface area contributed by atoms with E-state index in [0.29, 0.717) is 43.2 Å². The average Bonchev–Trinajstić information content (AvgIpc) is 3.46. The van der Waals surface area contributed by atoms with E-state index in [1.54, 1.807) is 62.4 Å². The van der Waals surface area contributed by atoms with Crippen molar-refractivity contribution in [1.82, 2.24) is 4.57 Å². The van der Waals surface area contributed by atoms with E-state index in [2.05, 4.69) is 4.99 Å². The molecule has 10 heteroatoms. The summed E-state index contributed by atoms with van der Waals surface area (Å²) in [7, 11) is 1.31. The van der Waals surface area contributed by atoms with E-state index in [1.807, 2.05) is 0 Å². The van der Waals surface area contributed by atoms with E-state index < -0.39 is 18.0 Å². The zero-order valence-electron chi connectivity index (χ0n) is 19.8. The number of fused-ring (bicyclic) bond motifs is 2. The van der Waals surface area contributed by atoms with Gasteiger partial charge in [-0.3, -0.25) is 9.36 Å². The van der Waals surface area contributed by atoms with Gasteiger partial charge in [-0.25, -0.2) is 14.6 Å². The lowest BCUT2D eigenvalue weighted by Crippen LogP contribution is -2.39. The number of hydrogen-bond acceptors (Lipinski definition) is 9. The van der Waals surface area contributed by atoms with Gasteiger partial charge in [-0.2, -0.15) is 0 Å². The van der Waals surface area contributed by atoms with Gasteiger partial charge in [0.2, 0.25) is 6.79 Å². The molecule has 2 aromatic carbocycles. The predicted molar refractivity (Wildman–Crippen MR) is 131 cm³/mol. The molecule has 1 atom stereocenters.